The van der Waals surface area contributed by atoms with Crippen LogP contribution in [0.4, 0.5) is 0 Å². The highest BCUT2D eigenvalue weighted by atomic mass is 16.6. The number of hydrogen-bond donors (Lipinski definition) is 3. The Morgan fingerprint density at radius 2 is 2.28 bits per heavy atom. The number of H-pyrrole nitrogens is 1. The van der Waals surface area contributed by atoms with Crippen molar-refractivity contribution in [2.75, 3.05) is 13.2 Å². The molecule has 1 saturated heterocycles. The Kier molecular flexibility index (Phi) is 5.83. The average Bonchev–Trinajstić information content (AvgIpc) is 3.21. The number of carbonyl (C=O) groups excluding carboxylic acids is 2. The Balaban J connectivity index is 1.49. The summed E-state index contributed by atoms with van der Waals surface area (Å²) in [5, 5.41) is 13.6. The van der Waals surface area contributed by atoms with E-state index in [0.717, 1.165) is 18.2 Å². The van der Waals surface area contributed by atoms with Crippen LogP contribution in [0, 0.1) is 11.8 Å². The number of aliphatic hydroxyl groups excluding tert-OH is 1. The number of para-hydroxylation sites is 1. The molecule has 3 atom stereocenters. The number of carbonyl (C=O) groups is 2. The lowest BCUT2D eigenvalue weighted by Crippen LogP contribution is -2.30. The highest BCUT2D eigenvalue weighted by molar-refractivity contribution is 5.83. The van der Waals surface area contributed by atoms with Crippen LogP contribution in [0.1, 0.15) is 24.8 Å². The van der Waals surface area contributed by atoms with Gasteiger partial charge < -0.3 is 24.9 Å². The van der Waals surface area contributed by atoms with Gasteiger partial charge in [-0.05, 0) is 29.9 Å². The molecule has 6 nitrogen and oxygen atoms in total. The van der Waals surface area contributed by atoms with E-state index in [-0.39, 0.29) is 24.2 Å². The molecule has 1 aliphatic heterocycles. The first kappa shape index (κ1) is 17.6. The largest absolute Gasteiger partial charge is 0.368 e. The monoisotopic (exact) mass is 344 g/mol. The second-order valence-electron chi connectivity index (χ2n) is 6.61. The first-order valence-electron chi connectivity index (χ1n) is 8.72. The molecule has 1 aliphatic rings. The standard InChI is InChI=1S/C19H24N2O4/c22-8-6-13(15-10-19(24)25-12-15)9-18(23)20-7-5-14-11-21-17-4-2-1-3-16(14)17/h1-4,8,11,13,15,19,21,24H,5-7,9-10,12H2,(H,20,23)/t13-,15+,19?/m1/s1. The normalized spacial score (nSPS) is 21.3. The number of aromatic nitrogens is 1. The van der Waals surface area contributed by atoms with Gasteiger partial charge in [-0.25, -0.2) is 0 Å². The van der Waals surface area contributed by atoms with Crippen molar-refractivity contribution in [2.45, 2.75) is 32.0 Å². The van der Waals surface area contributed by atoms with E-state index in [2.05, 4.69) is 16.4 Å². The summed E-state index contributed by atoms with van der Waals surface area (Å²) in [5.74, 6) is -0.0876. The Hall–Kier alpha value is -2.18. The van der Waals surface area contributed by atoms with E-state index in [1.165, 1.54) is 10.9 Å². The molecule has 1 aromatic carbocycles. The van der Waals surface area contributed by atoms with Crippen LogP contribution in [-0.2, 0) is 20.7 Å². The number of amides is 1. The third-order valence-corrected chi connectivity index (χ3v) is 4.91. The van der Waals surface area contributed by atoms with Crippen LogP contribution < -0.4 is 5.32 Å². The summed E-state index contributed by atoms with van der Waals surface area (Å²) in [6.45, 7) is 0.959. The molecule has 1 unspecified atom stereocenters. The molecule has 134 valence electrons. The maximum atomic E-state index is 12.2. The van der Waals surface area contributed by atoms with Crippen LogP contribution in [0.3, 0.4) is 0 Å². The van der Waals surface area contributed by atoms with Crippen molar-refractivity contribution in [3.63, 3.8) is 0 Å². The smallest absolute Gasteiger partial charge is 0.220 e. The van der Waals surface area contributed by atoms with Crippen LogP contribution in [0.5, 0.6) is 0 Å². The molecule has 0 spiro atoms. The minimum Gasteiger partial charge on any atom is -0.368 e. The van der Waals surface area contributed by atoms with Gasteiger partial charge >= 0.3 is 0 Å². The maximum absolute atomic E-state index is 12.2. The zero-order valence-corrected chi connectivity index (χ0v) is 14.1. The SMILES string of the molecule is O=CC[C@H](CC(=O)NCCc1c[nH]c2ccccc12)[C@@H]1COC(O)C1. The van der Waals surface area contributed by atoms with Gasteiger partial charge in [-0.15, -0.1) is 0 Å². The fourth-order valence-electron chi connectivity index (χ4n) is 3.51. The molecule has 0 radical (unpaired) electrons. The van der Waals surface area contributed by atoms with Crippen molar-refractivity contribution in [1.82, 2.24) is 10.3 Å². The first-order chi connectivity index (χ1) is 12.2. The lowest BCUT2D eigenvalue weighted by atomic mass is 9.86. The van der Waals surface area contributed by atoms with Crippen molar-refractivity contribution in [3.05, 3.63) is 36.0 Å². The summed E-state index contributed by atoms with van der Waals surface area (Å²) in [5.41, 5.74) is 2.27. The fraction of sp³-hybridized carbons (Fsp3) is 0.474. The summed E-state index contributed by atoms with van der Waals surface area (Å²) < 4.78 is 5.15. The highest BCUT2D eigenvalue weighted by Gasteiger charge is 2.31. The van der Waals surface area contributed by atoms with Crippen LogP contribution in [-0.4, -0.2) is 41.7 Å². The minimum absolute atomic E-state index is 0.0552. The molecule has 6 heteroatoms. The van der Waals surface area contributed by atoms with Crippen molar-refractivity contribution >= 4 is 23.1 Å². The second-order valence-corrected chi connectivity index (χ2v) is 6.61. The van der Waals surface area contributed by atoms with Gasteiger partial charge in [0.1, 0.15) is 6.29 Å². The third-order valence-electron chi connectivity index (χ3n) is 4.91. The van der Waals surface area contributed by atoms with Crippen molar-refractivity contribution in [2.24, 2.45) is 11.8 Å². The van der Waals surface area contributed by atoms with Crippen LogP contribution >= 0.6 is 0 Å². The topological polar surface area (TPSA) is 91.4 Å². The molecule has 25 heavy (non-hydrogen) atoms. The summed E-state index contributed by atoms with van der Waals surface area (Å²) in [6.07, 6.45) is 3.88. The van der Waals surface area contributed by atoms with Crippen molar-refractivity contribution in [1.29, 1.82) is 0 Å². The molecule has 3 rings (SSSR count). The second kappa shape index (κ2) is 8.27. The Morgan fingerprint density at radius 1 is 1.44 bits per heavy atom. The van der Waals surface area contributed by atoms with Gasteiger partial charge in [0.25, 0.3) is 0 Å². The number of rotatable bonds is 8. The molecular formula is C19H24N2O4. The summed E-state index contributed by atoms with van der Waals surface area (Å²) in [4.78, 5) is 26.3. The van der Waals surface area contributed by atoms with E-state index in [4.69, 9.17) is 4.74 Å². The number of fused-ring (bicyclic) bond motifs is 1. The number of hydrogen-bond acceptors (Lipinski definition) is 4. The van der Waals surface area contributed by atoms with Crippen LogP contribution in [0.2, 0.25) is 0 Å². The lowest BCUT2D eigenvalue weighted by molar-refractivity contribution is -0.122. The van der Waals surface area contributed by atoms with E-state index in [9.17, 15) is 14.7 Å². The number of aromatic amines is 1. The zero-order valence-electron chi connectivity index (χ0n) is 14.1. The summed E-state index contributed by atoms with van der Waals surface area (Å²) >= 11 is 0. The summed E-state index contributed by atoms with van der Waals surface area (Å²) in [7, 11) is 0. The highest BCUT2D eigenvalue weighted by Crippen LogP contribution is 2.29. The van der Waals surface area contributed by atoms with Crippen molar-refractivity contribution < 1.29 is 19.4 Å². The molecule has 1 aromatic heterocycles. The Labute approximate surface area is 146 Å². The lowest BCUT2D eigenvalue weighted by Gasteiger charge is -2.19. The van der Waals surface area contributed by atoms with Crippen LogP contribution in [0.15, 0.2) is 30.5 Å². The number of aldehydes is 1. The third kappa shape index (κ3) is 4.46. The van der Waals surface area contributed by atoms with Gasteiger partial charge in [-0.1, -0.05) is 18.2 Å². The first-order valence-corrected chi connectivity index (χ1v) is 8.72. The van der Waals surface area contributed by atoms with Gasteiger partial charge in [-0.2, -0.15) is 0 Å². The number of nitrogens with one attached hydrogen (secondary N) is 2. The molecule has 2 heterocycles. The van der Waals surface area contributed by atoms with E-state index in [1.54, 1.807) is 0 Å². The number of benzene rings is 1. The van der Waals surface area contributed by atoms with Gasteiger partial charge in [0, 0.05) is 42.9 Å². The molecule has 0 bridgehead atoms. The number of ether oxygens (including phenoxy) is 1. The molecule has 0 saturated carbocycles. The summed E-state index contributed by atoms with van der Waals surface area (Å²) in [6, 6.07) is 8.08. The van der Waals surface area contributed by atoms with E-state index < -0.39 is 6.29 Å². The van der Waals surface area contributed by atoms with Gasteiger partial charge in [0.2, 0.25) is 5.91 Å². The Bertz CT molecular complexity index is 727. The van der Waals surface area contributed by atoms with Gasteiger partial charge in [-0.3, -0.25) is 4.79 Å². The van der Waals surface area contributed by atoms with E-state index in [1.807, 2.05) is 24.4 Å². The molecule has 1 fully saturated rings. The van der Waals surface area contributed by atoms with Gasteiger partial charge in [0.05, 0.1) is 6.61 Å². The van der Waals surface area contributed by atoms with E-state index >= 15 is 0 Å². The molecule has 2 aromatic rings. The van der Waals surface area contributed by atoms with Crippen LogP contribution in [0.25, 0.3) is 10.9 Å². The zero-order chi connectivity index (χ0) is 17.6. The van der Waals surface area contributed by atoms with Crippen molar-refractivity contribution in [3.8, 4) is 0 Å². The minimum atomic E-state index is -0.774. The van der Waals surface area contributed by atoms with E-state index in [0.29, 0.717) is 26.0 Å². The molecule has 0 aliphatic carbocycles. The fourth-order valence-corrected chi connectivity index (χ4v) is 3.51. The molecular weight excluding hydrogens is 320 g/mol. The molecule has 3 N–H and O–H groups in total. The number of aliphatic hydroxyl groups is 1. The Morgan fingerprint density at radius 3 is 3.04 bits per heavy atom. The average molecular weight is 344 g/mol. The quantitative estimate of drug-likeness (QED) is 0.637. The predicted molar refractivity (Wildman–Crippen MR) is 93.9 cm³/mol. The maximum Gasteiger partial charge on any atom is 0.220 e. The van der Waals surface area contributed by atoms with Gasteiger partial charge in [0.15, 0.2) is 6.29 Å². The molecule has 1 amide bonds. The predicted octanol–water partition coefficient (Wildman–Crippen LogP) is 1.78.